The molecule has 2 unspecified atom stereocenters. The van der Waals surface area contributed by atoms with E-state index in [-0.39, 0.29) is 6.04 Å². The van der Waals surface area contributed by atoms with Gasteiger partial charge < -0.3 is 10.2 Å². The van der Waals surface area contributed by atoms with Crippen molar-refractivity contribution >= 4 is 5.91 Å². The third-order valence-electron chi connectivity index (χ3n) is 4.02. The SMILES string of the molecule is CC1CCNC(C(=O)N(CC2CC2)C(C)C)C1. The lowest BCUT2D eigenvalue weighted by Crippen LogP contribution is -2.52. The molecule has 1 heterocycles. The lowest BCUT2D eigenvalue weighted by atomic mass is 9.93. The Morgan fingerprint density at radius 2 is 2.06 bits per heavy atom. The minimum absolute atomic E-state index is 0.0694. The van der Waals surface area contributed by atoms with Gasteiger partial charge in [-0.1, -0.05) is 6.92 Å². The average molecular weight is 238 g/mol. The first-order valence-electron chi connectivity index (χ1n) is 7.11. The van der Waals surface area contributed by atoms with Crippen LogP contribution in [0.1, 0.15) is 46.5 Å². The van der Waals surface area contributed by atoms with Crippen molar-refractivity contribution in [1.29, 1.82) is 0 Å². The first-order valence-corrected chi connectivity index (χ1v) is 7.11. The molecule has 1 aliphatic heterocycles. The number of carbonyl (C=O) groups is 1. The second-order valence-electron chi connectivity index (χ2n) is 6.16. The third-order valence-corrected chi connectivity index (χ3v) is 4.02. The third kappa shape index (κ3) is 3.44. The minimum atomic E-state index is 0.0694. The Balaban J connectivity index is 1.94. The van der Waals surface area contributed by atoms with Gasteiger partial charge in [-0.2, -0.15) is 0 Å². The van der Waals surface area contributed by atoms with Crippen LogP contribution in [0.3, 0.4) is 0 Å². The van der Waals surface area contributed by atoms with E-state index in [1.165, 1.54) is 19.3 Å². The second-order valence-corrected chi connectivity index (χ2v) is 6.16. The summed E-state index contributed by atoms with van der Waals surface area (Å²) in [6.45, 7) is 8.48. The molecular formula is C14H26N2O. The van der Waals surface area contributed by atoms with Crippen molar-refractivity contribution in [3.8, 4) is 0 Å². The Labute approximate surface area is 105 Å². The molecular weight excluding hydrogens is 212 g/mol. The Morgan fingerprint density at radius 1 is 1.35 bits per heavy atom. The molecule has 0 spiro atoms. The maximum atomic E-state index is 12.5. The molecule has 0 aromatic heterocycles. The summed E-state index contributed by atoms with van der Waals surface area (Å²) in [5.74, 6) is 1.79. The van der Waals surface area contributed by atoms with Gasteiger partial charge in [0.2, 0.25) is 5.91 Å². The first kappa shape index (κ1) is 12.9. The molecule has 1 amide bonds. The number of hydrogen-bond acceptors (Lipinski definition) is 2. The molecule has 1 aliphatic carbocycles. The van der Waals surface area contributed by atoms with E-state index in [1.54, 1.807) is 0 Å². The van der Waals surface area contributed by atoms with Crippen LogP contribution >= 0.6 is 0 Å². The Hall–Kier alpha value is -0.570. The molecule has 3 heteroatoms. The fourth-order valence-corrected chi connectivity index (χ4v) is 2.63. The van der Waals surface area contributed by atoms with E-state index in [0.29, 0.717) is 17.9 Å². The molecule has 3 nitrogen and oxygen atoms in total. The van der Waals surface area contributed by atoms with Crippen LogP contribution in [-0.4, -0.2) is 36.0 Å². The van der Waals surface area contributed by atoms with Crippen molar-refractivity contribution in [3.63, 3.8) is 0 Å². The Morgan fingerprint density at radius 3 is 2.59 bits per heavy atom. The van der Waals surface area contributed by atoms with Crippen LogP contribution in [0, 0.1) is 11.8 Å². The molecule has 17 heavy (non-hydrogen) atoms. The zero-order valence-corrected chi connectivity index (χ0v) is 11.4. The van der Waals surface area contributed by atoms with Gasteiger partial charge in [-0.25, -0.2) is 0 Å². The highest BCUT2D eigenvalue weighted by atomic mass is 16.2. The highest BCUT2D eigenvalue weighted by Crippen LogP contribution is 2.31. The summed E-state index contributed by atoms with van der Waals surface area (Å²) in [7, 11) is 0. The van der Waals surface area contributed by atoms with Gasteiger partial charge in [-0.15, -0.1) is 0 Å². The molecule has 0 bridgehead atoms. The summed E-state index contributed by atoms with van der Waals surface area (Å²) >= 11 is 0. The van der Waals surface area contributed by atoms with E-state index in [2.05, 4.69) is 31.0 Å². The van der Waals surface area contributed by atoms with Crippen molar-refractivity contribution in [2.45, 2.75) is 58.5 Å². The van der Waals surface area contributed by atoms with E-state index < -0.39 is 0 Å². The quantitative estimate of drug-likeness (QED) is 0.812. The lowest BCUT2D eigenvalue weighted by Gasteiger charge is -2.34. The fourth-order valence-electron chi connectivity index (χ4n) is 2.63. The molecule has 0 aromatic rings. The topological polar surface area (TPSA) is 32.3 Å². The van der Waals surface area contributed by atoms with E-state index >= 15 is 0 Å². The van der Waals surface area contributed by atoms with Crippen LogP contribution in [0.4, 0.5) is 0 Å². The molecule has 1 saturated carbocycles. The monoisotopic (exact) mass is 238 g/mol. The molecule has 98 valence electrons. The highest BCUT2D eigenvalue weighted by Gasteiger charge is 2.33. The molecule has 1 saturated heterocycles. The van der Waals surface area contributed by atoms with Gasteiger partial charge in [0.05, 0.1) is 6.04 Å². The number of nitrogens with zero attached hydrogens (tertiary/aromatic N) is 1. The van der Waals surface area contributed by atoms with Crippen LogP contribution in [0.25, 0.3) is 0 Å². The van der Waals surface area contributed by atoms with Gasteiger partial charge >= 0.3 is 0 Å². The summed E-state index contributed by atoms with van der Waals surface area (Å²) in [6.07, 6.45) is 4.83. The Kier molecular flexibility index (Phi) is 4.08. The van der Waals surface area contributed by atoms with Crippen molar-refractivity contribution in [3.05, 3.63) is 0 Å². The summed E-state index contributed by atoms with van der Waals surface area (Å²) in [5.41, 5.74) is 0. The number of carbonyl (C=O) groups excluding carboxylic acids is 1. The molecule has 2 rings (SSSR count). The molecule has 1 N–H and O–H groups in total. The van der Waals surface area contributed by atoms with Gasteiger partial charge in [-0.3, -0.25) is 4.79 Å². The normalized spacial score (nSPS) is 29.4. The summed E-state index contributed by atoms with van der Waals surface area (Å²) in [6, 6.07) is 0.405. The van der Waals surface area contributed by atoms with Gasteiger partial charge in [0, 0.05) is 12.6 Å². The van der Waals surface area contributed by atoms with Crippen LogP contribution in [0.5, 0.6) is 0 Å². The predicted octanol–water partition coefficient (Wildman–Crippen LogP) is 2.02. The fraction of sp³-hybridized carbons (Fsp3) is 0.929. The van der Waals surface area contributed by atoms with E-state index in [9.17, 15) is 4.79 Å². The first-order chi connectivity index (χ1) is 8.08. The zero-order chi connectivity index (χ0) is 12.4. The molecule has 0 radical (unpaired) electrons. The number of nitrogens with one attached hydrogen (secondary N) is 1. The van der Waals surface area contributed by atoms with Gasteiger partial charge in [0.1, 0.15) is 0 Å². The Bertz CT molecular complexity index is 273. The van der Waals surface area contributed by atoms with Gasteiger partial charge in [0.15, 0.2) is 0 Å². The summed E-state index contributed by atoms with van der Waals surface area (Å²) in [5, 5.41) is 3.39. The van der Waals surface area contributed by atoms with E-state index in [0.717, 1.165) is 25.4 Å². The number of amides is 1. The predicted molar refractivity (Wildman–Crippen MR) is 69.8 cm³/mol. The van der Waals surface area contributed by atoms with Crippen molar-refractivity contribution < 1.29 is 4.79 Å². The van der Waals surface area contributed by atoms with Crippen molar-refractivity contribution in [2.24, 2.45) is 11.8 Å². The minimum Gasteiger partial charge on any atom is -0.339 e. The number of piperidine rings is 1. The molecule has 2 aliphatic rings. The van der Waals surface area contributed by atoms with Crippen LogP contribution in [0.2, 0.25) is 0 Å². The lowest BCUT2D eigenvalue weighted by molar-refractivity contribution is -0.136. The van der Waals surface area contributed by atoms with E-state index in [4.69, 9.17) is 0 Å². The standard InChI is InChI=1S/C14H26N2O/c1-10(2)16(9-12-4-5-12)14(17)13-8-11(3)6-7-15-13/h10-13,15H,4-9H2,1-3H3. The van der Waals surface area contributed by atoms with Crippen molar-refractivity contribution in [2.75, 3.05) is 13.1 Å². The summed E-state index contributed by atoms with van der Waals surface area (Å²) in [4.78, 5) is 14.6. The number of hydrogen-bond donors (Lipinski definition) is 1. The molecule has 2 fully saturated rings. The summed E-state index contributed by atoms with van der Waals surface area (Å²) < 4.78 is 0. The maximum absolute atomic E-state index is 12.5. The second kappa shape index (κ2) is 5.38. The van der Waals surface area contributed by atoms with Crippen LogP contribution in [-0.2, 0) is 4.79 Å². The maximum Gasteiger partial charge on any atom is 0.239 e. The number of rotatable bonds is 4. The van der Waals surface area contributed by atoms with E-state index in [1.807, 2.05) is 0 Å². The molecule has 0 aromatic carbocycles. The highest BCUT2D eigenvalue weighted by molar-refractivity contribution is 5.82. The van der Waals surface area contributed by atoms with Crippen LogP contribution < -0.4 is 5.32 Å². The van der Waals surface area contributed by atoms with Gasteiger partial charge in [-0.05, 0) is 57.9 Å². The van der Waals surface area contributed by atoms with Gasteiger partial charge in [0.25, 0.3) is 0 Å². The van der Waals surface area contributed by atoms with Crippen molar-refractivity contribution in [1.82, 2.24) is 10.2 Å². The van der Waals surface area contributed by atoms with Crippen LogP contribution in [0.15, 0.2) is 0 Å². The largest absolute Gasteiger partial charge is 0.339 e. The zero-order valence-electron chi connectivity index (χ0n) is 11.4. The average Bonchev–Trinajstić information content (AvgIpc) is 3.08. The smallest absolute Gasteiger partial charge is 0.239 e. The molecule has 2 atom stereocenters.